The van der Waals surface area contributed by atoms with E-state index in [-0.39, 0.29) is 28.9 Å². The smallest absolute Gasteiger partial charge is 0.326 e. The van der Waals surface area contributed by atoms with Crippen LogP contribution in [0.4, 0.5) is 5.69 Å². The minimum absolute atomic E-state index is 0.00973. The van der Waals surface area contributed by atoms with Gasteiger partial charge in [0.2, 0.25) is 21.8 Å². The molecule has 0 bridgehead atoms. The minimum atomic E-state index is -3.92. The molecule has 1 saturated heterocycles. The van der Waals surface area contributed by atoms with Gasteiger partial charge in [-0.3, -0.25) is 14.6 Å². The predicted molar refractivity (Wildman–Crippen MR) is 157 cm³/mol. The van der Waals surface area contributed by atoms with E-state index in [9.17, 15) is 27.9 Å². The molecule has 0 unspecified atom stereocenters. The number of carbonyl (C=O) groups is 3. The zero-order valence-corrected chi connectivity index (χ0v) is 24.0. The van der Waals surface area contributed by atoms with Gasteiger partial charge in [0.1, 0.15) is 12.1 Å². The van der Waals surface area contributed by atoms with Gasteiger partial charge in [-0.2, -0.15) is 4.31 Å². The third-order valence-electron chi connectivity index (χ3n) is 6.56. The first-order valence-electron chi connectivity index (χ1n) is 13.3. The van der Waals surface area contributed by atoms with Crippen molar-refractivity contribution >= 4 is 51.2 Å². The van der Waals surface area contributed by atoms with Crippen LogP contribution in [0.25, 0.3) is 0 Å². The Labute approximate surface area is 243 Å². The van der Waals surface area contributed by atoms with Gasteiger partial charge in [0.05, 0.1) is 10.8 Å². The summed E-state index contributed by atoms with van der Waals surface area (Å²) in [6.07, 6.45) is 1.96. The maximum Gasteiger partial charge on any atom is 0.326 e. The highest BCUT2D eigenvalue weighted by molar-refractivity contribution is 8.00. The Morgan fingerprint density at radius 1 is 1.12 bits per heavy atom. The lowest BCUT2D eigenvalue weighted by atomic mass is 10.0. The fraction of sp³-hybridized carbons (Fsp3) is 0.407. The molecule has 2 aromatic carbocycles. The molecule has 1 fully saturated rings. The molecule has 2 heterocycles. The van der Waals surface area contributed by atoms with Crippen LogP contribution >= 0.6 is 11.8 Å². The number of aliphatic carboxylic acids is 1. The number of anilines is 1. The molecule has 0 spiro atoms. The predicted octanol–water partition coefficient (Wildman–Crippen LogP) is 1.22. The van der Waals surface area contributed by atoms with Crippen molar-refractivity contribution in [2.75, 3.05) is 36.6 Å². The molecule has 0 aromatic heterocycles. The van der Waals surface area contributed by atoms with Crippen molar-refractivity contribution in [2.45, 2.75) is 42.7 Å². The Morgan fingerprint density at radius 2 is 1.88 bits per heavy atom. The van der Waals surface area contributed by atoms with Gasteiger partial charge in [0, 0.05) is 43.9 Å². The van der Waals surface area contributed by atoms with Crippen molar-refractivity contribution in [3.8, 4) is 0 Å². The number of nitrogens with zero attached hydrogens (tertiary/aromatic N) is 2. The number of rotatable bonds is 12. The van der Waals surface area contributed by atoms with E-state index >= 15 is 0 Å². The Bertz CT molecular complexity index is 1350. The number of sulfonamides is 1. The second-order valence-electron chi connectivity index (χ2n) is 9.61. The summed E-state index contributed by atoms with van der Waals surface area (Å²) in [6.45, 7) is 2.30. The molecular weight excluding hydrogens is 568 g/mol. The van der Waals surface area contributed by atoms with Crippen LogP contribution in [0, 0.1) is 0 Å². The number of benzene rings is 2. The lowest BCUT2D eigenvalue weighted by Crippen LogP contribution is -2.52. The fourth-order valence-corrected chi connectivity index (χ4v) is 7.53. The highest BCUT2D eigenvalue weighted by atomic mass is 32.2. The number of nitrogens with one attached hydrogen (secondary N) is 4. The average Bonchev–Trinajstić information content (AvgIpc) is 3.48. The highest BCUT2D eigenvalue weighted by Gasteiger charge is 2.41. The van der Waals surface area contributed by atoms with Crippen LogP contribution in [-0.4, -0.2) is 84.9 Å². The number of carboxylic acid groups (broad SMARTS) is 1. The van der Waals surface area contributed by atoms with Gasteiger partial charge in [0.15, 0.2) is 5.96 Å². The standard InChI is InChI=1S/C27H34N6O6S2/c34-24(8-4-13-28-27-29-14-5-15-30-27)31-20-11-9-19(10-12-20)16-22(26(36)37)32-25(35)23-17-40-18-33(23)41(38,39)21-6-2-1-3-7-21/h1-3,6-7,9-12,22-23H,4-5,8,13-18H2,(H,31,34)(H,32,35)(H,36,37)(H2,28,29,30)/t22-,23-/m0/s1. The van der Waals surface area contributed by atoms with E-state index in [2.05, 4.69) is 26.3 Å². The van der Waals surface area contributed by atoms with Gasteiger partial charge >= 0.3 is 5.97 Å². The monoisotopic (exact) mass is 602 g/mol. The second kappa shape index (κ2) is 14.3. The van der Waals surface area contributed by atoms with Gasteiger partial charge in [-0.25, -0.2) is 13.2 Å². The Morgan fingerprint density at radius 3 is 2.56 bits per heavy atom. The minimum Gasteiger partial charge on any atom is -0.480 e. The van der Waals surface area contributed by atoms with Gasteiger partial charge in [-0.15, -0.1) is 11.8 Å². The van der Waals surface area contributed by atoms with Crippen LogP contribution in [0.15, 0.2) is 64.5 Å². The molecule has 5 N–H and O–H groups in total. The first kappa shape index (κ1) is 30.3. The number of thioether (sulfide) groups is 1. The Hall–Kier alpha value is -3.62. The molecule has 2 aromatic rings. The summed E-state index contributed by atoms with van der Waals surface area (Å²) in [5.41, 5.74) is 1.21. The van der Waals surface area contributed by atoms with Crippen LogP contribution < -0.4 is 21.3 Å². The molecule has 4 rings (SSSR count). The normalized spacial score (nSPS) is 18.0. The van der Waals surface area contributed by atoms with Crippen molar-refractivity contribution in [1.82, 2.24) is 20.3 Å². The first-order chi connectivity index (χ1) is 19.7. The van der Waals surface area contributed by atoms with Crippen LogP contribution in [0.5, 0.6) is 0 Å². The lowest BCUT2D eigenvalue weighted by molar-refractivity contribution is -0.142. The number of carboxylic acids is 1. The summed E-state index contributed by atoms with van der Waals surface area (Å²) >= 11 is 1.29. The molecule has 0 saturated carbocycles. The highest BCUT2D eigenvalue weighted by Crippen LogP contribution is 2.28. The number of carbonyl (C=O) groups excluding carboxylic acids is 2. The summed E-state index contributed by atoms with van der Waals surface area (Å²) in [5, 5.41) is 21.4. The molecule has 12 nitrogen and oxygen atoms in total. The number of guanidine groups is 1. The molecule has 2 aliphatic heterocycles. The molecule has 220 valence electrons. The Balaban J connectivity index is 1.28. The largest absolute Gasteiger partial charge is 0.480 e. The van der Waals surface area contributed by atoms with Gasteiger partial charge < -0.3 is 26.4 Å². The van der Waals surface area contributed by atoms with Crippen LogP contribution in [-0.2, 0) is 30.8 Å². The lowest BCUT2D eigenvalue weighted by Gasteiger charge is -2.24. The zero-order chi connectivity index (χ0) is 29.2. The second-order valence-corrected chi connectivity index (χ2v) is 12.5. The number of amides is 2. The van der Waals surface area contributed by atoms with E-state index in [1.807, 2.05) is 0 Å². The van der Waals surface area contributed by atoms with Crippen LogP contribution in [0.1, 0.15) is 24.8 Å². The van der Waals surface area contributed by atoms with E-state index in [1.165, 1.54) is 23.9 Å². The third kappa shape index (κ3) is 8.44. The first-order valence-corrected chi connectivity index (χ1v) is 15.9. The van der Waals surface area contributed by atoms with E-state index in [1.54, 1.807) is 42.5 Å². The summed E-state index contributed by atoms with van der Waals surface area (Å²) in [5.74, 6) is -0.949. The maximum atomic E-state index is 13.1. The Kier molecular flexibility index (Phi) is 10.6. The van der Waals surface area contributed by atoms with Crippen molar-refractivity contribution in [2.24, 2.45) is 4.99 Å². The van der Waals surface area contributed by atoms with E-state index < -0.39 is 34.0 Å². The van der Waals surface area contributed by atoms with Crippen LogP contribution in [0.3, 0.4) is 0 Å². The molecule has 14 heteroatoms. The maximum absolute atomic E-state index is 13.1. The quantitative estimate of drug-likeness (QED) is 0.224. The molecule has 41 heavy (non-hydrogen) atoms. The van der Waals surface area contributed by atoms with Crippen LogP contribution in [0.2, 0.25) is 0 Å². The van der Waals surface area contributed by atoms with Gasteiger partial charge in [-0.1, -0.05) is 30.3 Å². The fourth-order valence-electron chi connectivity index (χ4n) is 4.36. The van der Waals surface area contributed by atoms with Crippen molar-refractivity contribution in [3.63, 3.8) is 0 Å². The topological polar surface area (TPSA) is 169 Å². The van der Waals surface area contributed by atoms with E-state index in [4.69, 9.17) is 0 Å². The molecule has 2 amide bonds. The van der Waals surface area contributed by atoms with Gasteiger partial charge in [-0.05, 0) is 42.7 Å². The van der Waals surface area contributed by atoms with Gasteiger partial charge in [0.25, 0.3) is 0 Å². The molecule has 0 radical (unpaired) electrons. The molecule has 2 atom stereocenters. The summed E-state index contributed by atoms with van der Waals surface area (Å²) < 4.78 is 27.3. The summed E-state index contributed by atoms with van der Waals surface area (Å²) in [4.78, 5) is 41.7. The average molecular weight is 603 g/mol. The summed E-state index contributed by atoms with van der Waals surface area (Å²) in [7, 11) is -3.92. The van der Waals surface area contributed by atoms with Crippen molar-refractivity contribution in [1.29, 1.82) is 0 Å². The number of aliphatic imine (C=N–C) groups is 1. The summed E-state index contributed by atoms with van der Waals surface area (Å²) in [6, 6.07) is 12.3. The molecule has 0 aliphatic carbocycles. The zero-order valence-electron chi connectivity index (χ0n) is 22.4. The number of hydrogen-bond donors (Lipinski definition) is 5. The number of hydrogen-bond acceptors (Lipinski definition) is 9. The molecular formula is C27H34N6O6S2. The van der Waals surface area contributed by atoms with Crippen molar-refractivity contribution < 1.29 is 27.9 Å². The van der Waals surface area contributed by atoms with Crippen molar-refractivity contribution in [3.05, 3.63) is 60.2 Å². The van der Waals surface area contributed by atoms with E-state index in [0.717, 1.165) is 29.8 Å². The van der Waals surface area contributed by atoms with E-state index in [0.29, 0.717) is 30.6 Å². The SMILES string of the molecule is O=C(CCCNC1=NCCCN1)Nc1ccc(C[C@H](NC(=O)[C@@H]2CSCN2S(=O)(=O)c2ccccc2)C(=O)O)cc1. The molecule has 2 aliphatic rings. The third-order valence-corrected chi connectivity index (χ3v) is 9.60.